The first-order valence-corrected chi connectivity index (χ1v) is 3.98. The number of hydrogen-bond donors (Lipinski definition) is 1. The van der Waals surface area contributed by atoms with Gasteiger partial charge in [0.15, 0.2) is 0 Å². The van der Waals surface area contributed by atoms with Gasteiger partial charge in [-0.05, 0) is 18.1 Å². The van der Waals surface area contributed by atoms with Crippen LogP contribution in [-0.2, 0) is 4.79 Å². The van der Waals surface area contributed by atoms with Crippen molar-refractivity contribution in [3.8, 4) is 0 Å². The summed E-state index contributed by atoms with van der Waals surface area (Å²) in [5, 5.41) is 2.77. The van der Waals surface area contributed by atoms with Crippen LogP contribution in [0, 0.1) is 5.92 Å². The van der Waals surface area contributed by atoms with Crippen molar-refractivity contribution < 1.29 is 6.22 Å². The second-order valence-electron chi connectivity index (χ2n) is 2.94. The summed E-state index contributed by atoms with van der Waals surface area (Å²) in [7, 11) is 0. The first kappa shape index (κ1) is 8.78. The molecule has 1 N–H and O–H groups in total. The smallest absolute Gasteiger partial charge is 0.227 e. The van der Waals surface area contributed by atoms with Gasteiger partial charge >= 0.3 is 0 Å². The Hall–Kier alpha value is -1.31. The SMILES string of the molecule is C=CC1=C(C=C)NC(=O)C(C)C1.[HH]. The Kier molecular flexibility index (Phi) is 2.48. The van der Waals surface area contributed by atoms with Gasteiger partial charge in [0.1, 0.15) is 0 Å². The van der Waals surface area contributed by atoms with Gasteiger partial charge in [0.25, 0.3) is 0 Å². The maximum absolute atomic E-state index is 11.2. The van der Waals surface area contributed by atoms with Crippen LogP contribution in [0.2, 0.25) is 0 Å². The lowest BCUT2D eigenvalue weighted by Crippen LogP contribution is -2.33. The molecule has 0 radical (unpaired) electrons. The molecular formula is C10H15NO. The van der Waals surface area contributed by atoms with E-state index in [1.165, 1.54) is 0 Å². The van der Waals surface area contributed by atoms with E-state index in [1.807, 2.05) is 6.92 Å². The second kappa shape index (κ2) is 3.39. The summed E-state index contributed by atoms with van der Waals surface area (Å²) in [4.78, 5) is 11.2. The van der Waals surface area contributed by atoms with Gasteiger partial charge < -0.3 is 5.32 Å². The standard InChI is InChI=1S/C10H13NO.H2/c1-4-8-6-7(3)10(12)11-9(8)5-2;/h4-5,7H,1-2,6H2,3H3,(H,11,12);1H. The monoisotopic (exact) mass is 165 g/mol. The number of rotatable bonds is 2. The maximum atomic E-state index is 11.2. The highest BCUT2D eigenvalue weighted by Gasteiger charge is 2.21. The quantitative estimate of drug-likeness (QED) is 0.666. The molecule has 1 unspecified atom stereocenters. The zero-order chi connectivity index (χ0) is 9.14. The number of allylic oxidation sites excluding steroid dienone is 3. The molecule has 1 atom stereocenters. The first-order chi connectivity index (χ1) is 5.69. The summed E-state index contributed by atoms with van der Waals surface area (Å²) in [5.41, 5.74) is 1.87. The van der Waals surface area contributed by atoms with Crippen LogP contribution in [0.25, 0.3) is 0 Å². The van der Waals surface area contributed by atoms with Crippen LogP contribution in [0.4, 0.5) is 0 Å². The van der Waals surface area contributed by atoms with Crippen LogP contribution in [0.1, 0.15) is 14.8 Å². The number of carbonyl (C=O) groups is 1. The molecule has 0 spiro atoms. The lowest BCUT2D eigenvalue weighted by Gasteiger charge is -2.21. The van der Waals surface area contributed by atoms with Crippen LogP contribution in [-0.4, -0.2) is 5.91 Å². The summed E-state index contributed by atoms with van der Waals surface area (Å²) in [6.45, 7) is 9.21. The Balaban J connectivity index is 0.00000144. The van der Waals surface area contributed by atoms with Crippen LogP contribution in [0.15, 0.2) is 36.6 Å². The first-order valence-electron chi connectivity index (χ1n) is 3.98. The van der Waals surface area contributed by atoms with E-state index in [0.29, 0.717) is 0 Å². The Morgan fingerprint density at radius 3 is 2.75 bits per heavy atom. The van der Waals surface area contributed by atoms with Gasteiger partial charge in [-0.25, -0.2) is 0 Å². The molecule has 66 valence electrons. The Bertz CT molecular complexity index is 268. The predicted molar refractivity (Wildman–Crippen MR) is 51.5 cm³/mol. The fourth-order valence-electron chi connectivity index (χ4n) is 1.24. The molecule has 1 aliphatic heterocycles. The zero-order valence-corrected chi connectivity index (χ0v) is 7.26. The van der Waals surface area contributed by atoms with Crippen LogP contribution < -0.4 is 5.32 Å². The normalized spacial score (nSPS) is 23.4. The molecule has 0 aliphatic carbocycles. The van der Waals surface area contributed by atoms with Crippen molar-refractivity contribution in [2.75, 3.05) is 0 Å². The molecule has 0 saturated carbocycles. The van der Waals surface area contributed by atoms with Gasteiger partial charge in [-0.2, -0.15) is 0 Å². The van der Waals surface area contributed by atoms with E-state index in [2.05, 4.69) is 18.5 Å². The molecule has 1 amide bonds. The maximum Gasteiger partial charge on any atom is 0.227 e. The van der Waals surface area contributed by atoms with Crippen molar-refractivity contribution in [3.05, 3.63) is 36.6 Å². The molecule has 1 rings (SSSR count). The largest absolute Gasteiger partial charge is 0.326 e. The third-order valence-electron chi connectivity index (χ3n) is 2.03. The Morgan fingerprint density at radius 1 is 1.58 bits per heavy atom. The van der Waals surface area contributed by atoms with E-state index in [1.54, 1.807) is 12.2 Å². The molecule has 0 aromatic heterocycles. The van der Waals surface area contributed by atoms with Crippen molar-refractivity contribution in [2.24, 2.45) is 5.92 Å². The van der Waals surface area contributed by atoms with Crippen LogP contribution in [0.3, 0.4) is 0 Å². The van der Waals surface area contributed by atoms with Gasteiger partial charge in [0, 0.05) is 13.0 Å². The van der Waals surface area contributed by atoms with E-state index < -0.39 is 0 Å². The highest BCUT2D eigenvalue weighted by molar-refractivity contribution is 5.82. The molecule has 0 saturated heterocycles. The molecule has 2 heteroatoms. The van der Waals surface area contributed by atoms with Gasteiger partial charge in [-0.1, -0.05) is 26.2 Å². The number of hydrogen-bond acceptors (Lipinski definition) is 1. The average molecular weight is 165 g/mol. The molecule has 0 fully saturated rings. The van der Waals surface area contributed by atoms with Crippen molar-refractivity contribution in [1.82, 2.24) is 5.32 Å². The molecule has 0 aromatic carbocycles. The van der Waals surface area contributed by atoms with E-state index >= 15 is 0 Å². The summed E-state index contributed by atoms with van der Waals surface area (Å²) in [6, 6.07) is 0. The third-order valence-corrected chi connectivity index (χ3v) is 2.03. The van der Waals surface area contributed by atoms with Gasteiger partial charge in [0.05, 0.1) is 0 Å². The number of nitrogens with one attached hydrogen (secondary N) is 1. The Labute approximate surface area is 74.1 Å². The summed E-state index contributed by atoms with van der Waals surface area (Å²) < 4.78 is 0. The highest BCUT2D eigenvalue weighted by atomic mass is 16.1. The van der Waals surface area contributed by atoms with Crippen LogP contribution in [0.5, 0.6) is 0 Å². The fourth-order valence-corrected chi connectivity index (χ4v) is 1.24. The third kappa shape index (κ3) is 1.47. The number of amides is 1. The van der Waals surface area contributed by atoms with E-state index in [0.717, 1.165) is 17.7 Å². The number of carbonyl (C=O) groups excluding carboxylic acids is 1. The van der Waals surface area contributed by atoms with Crippen molar-refractivity contribution in [3.63, 3.8) is 0 Å². The molecule has 1 heterocycles. The van der Waals surface area contributed by atoms with E-state index in [4.69, 9.17) is 0 Å². The fraction of sp³-hybridized carbons (Fsp3) is 0.300. The van der Waals surface area contributed by atoms with E-state index in [-0.39, 0.29) is 13.3 Å². The molecule has 0 aromatic rings. The minimum absolute atomic E-state index is 0. The topological polar surface area (TPSA) is 29.1 Å². The highest BCUT2D eigenvalue weighted by Crippen LogP contribution is 2.21. The molecular weight excluding hydrogens is 150 g/mol. The lowest BCUT2D eigenvalue weighted by atomic mass is 9.95. The summed E-state index contributed by atoms with van der Waals surface area (Å²) >= 11 is 0. The van der Waals surface area contributed by atoms with Crippen molar-refractivity contribution >= 4 is 5.91 Å². The van der Waals surface area contributed by atoms with Gasteiger partial charge in [-0.15, -0.1) is 0 Å². The molecule has 2 nitrogen and oxygen atoms in total. The van der Waals surface area contributed by atoms with Gasteiger partial charge in [-0.3, -0.25) is 4.79 Å². The van der Waals surface area contributed by atoms with Gasteiger partial charge in [0.2, 0.25) is 5.91 Å². The Morgan fingerprint density at radius 2 is 2.25 bits per heavy atom. The molecule has 1 aliphatic rings. The second-order valence-corrected chi connectivity index (χ2v) is 2.94. The van der Waals surface area contributed by atoms with Crippen molar-refractivity contribution in [2.45, 2.75) is 13.3 Å². The minimum atomic E-state index is 0. The minimum Gasteiger partial charge on any atom is -0.326 e. The summed E-state index contributed by atoms with van der Waals surface area (Å²) in [5.74, 6) is 0.109. The van der Waals surface area contributed by atoms with Crippen LogP contribution >= 0.6 is 0 Å². The zero-order valence-electron chi connectivity index (χ0n) is 7.26. The molecule has 12 heavy (non-hydrogen) atoms. The molecule has 0 bridgehead atoms. The average Bonchev–Trinajstić information content (AvgIpc) is 2.09. The van der Waals surface area contributed by atoms with E-state index in [9.17, 15) is 4.79 Å². The summed E-state index contributed by atoms with van der Waals surface area (Å²) in [6.07, 6.45) is 4.18. The lowest BCUT2D eigenvalue weighted by molar-refractivity contribution is -0.124. The predicted octanol–water partition coefficient (Wildman–Crippen LogP) is 2.01. The van der Waals surface area contributed by atoms with Crippen molar-refractivity contribution in [1.29, 1.82) is 0 Å².